The number of thiophene rings is 1. The standard InChI is InChI=1S/C16H16N2O2S2/c1-11-3-4-12(2)14(9-11)22(20)8-6-18-10-17-13-5-7-21-15(13)16(18)19/h3-5,7,9-10H,6,8H2,1-2H3. The van der Waals surface area contributed by atoms with E-state index in [0.717, 1.165) is 21.5 Å². The molecule has 0 saturated carbocycles. The van der Waals surface area contributed by atoms with Crippen LogP contribution in [0.15, 0.2) is 45.7 Å². The van der Waals surface area contributed by atoms with Gasteiger partial charge < -0.3 is 0 Å². The van der Waals surface area contributed by atoms with Gasteiger partial charge in [0.25, 0.3) is 5.56 Å². The maximum atomic E-state index is 12.5. The highest BCUT2D eigenvalue weighted by Gasteiger charge is 2.10. The summed E-state index contributed by atoms with van der Waals surface area (Å²) < 4.78 is 14.7. The Morgan fingerprint density at radius 2 is 2.09 bits per heavy atom. The third kappa shape index (κ3) is 2.89. The van der Waals surface area contributed by atoms with Crippen LogP contribution in [0.2, 0.25) is 0 Å². The third-order valence-corrected chi connectivity index (χ3v) is 5.92. The van der Waals surface area contributed by atoms with Gasteiger partial charge in [-0.2, -0.15) is 0 Å². The van der Waals surface area contributed by atoms with Gasteiger partial charge in [-0.25, -0.2) is 4.98 Å². The molecule has 0 aliphatic carbocycles. The Morgan fingerprint density at radius 1 is 1.27 bits per heavy atom. The van der Waals surface area contributed by atoms with Gasteiger partial charge >= 0.3 is 0 Å². The van der Waals surface area contributed by atoms with Gasteiger partial charge in [-0.3, -0.25) is 13.6 Å². The average molecular weight is 332 g/mol. The minimum absolute atomic E-state index is 0.0574. The van der Waals surface area contributed by atoms with Crippen molar-refractivity contribution in [2.75, 3.05) is 5.75 Å². The molecular weight excluding hydrogens is 316 g/mol. The van der Waals surface area contributed by atoms with Crippen LogP contribution in [0.5, 0.6) is 0 Å². The summed E-state index contributed by atoms with van der Waals surface area (Å²) in [6.45, 7) is 4.34. The second-order valence-electron chi connectivity index (χ2n) is 5.20. The quantitative estimate of drug-likeness (QED) is 0.738. The van der Waals surface area contributed by atoms with Crippen LogP contribution in [0, 0.1) is 13.8 Å². The van der Waals surface area contributed by atoms with Gasteiger partial charge in [0.15, 0.2) is 0 Å². The monoisotopic (exact) mass is 332 g/mol. The highest BCUT2D eigenvalue weighted by molar-refractivity contribution is 7.85. The average Bonchev–Trinajstić information content (AvgIpc) is 2.98. The lowest BCUT2D eigenvalue weighted by Crippen LogP contribution is -2.22. The molecule has 1 aromatic carbocycles. The van der Waals surface area contributed by atoms with E-state index < -0.39 is 10.8 Å². The Labute approximate surface area is 134 Å². The van der Waals surface area contributed by atoms with Crippen LogP contribution < -0.4 is 5.56 Å². The lowest BCUT2D eigenvalue weighted by Gasteiger charge is -2.08. The molecule has 0 aliphatic heterocycles. The van der Waals surface area contributed by atoms with Crippen molar-refractivity contribution in [1.29, 1.82) is 0 Å². The van der Waals surface area contributed by atoms with Crippen molar-refractivity contribution in [2.24, 2.45) is 0 Å². The van der Waals surface area contributed by atoms with E-state index in [1.54, 1.807) is 4.57 Å². The molecule has 2 heterocycles. The number of hydrogen-bond acceptors (Lipinski definition) is 4. The Kier molecular flexibility index (Phi) is 4.22. The van der Waals surface area contributed by atoms with Crippen molar-refractivity contribution in [2.45, 2.75) is 25.3 Å². The minimum atomic E-state index is -1.12. The van der Waals surface area contributed by atoms with Gasteiger partial charge in [-0.05, 0) is 42.5 Å². The number of aromatic nitrogens is 2. The fourth-order valence-electron chi connectivity index (χ4n) is 2.28. The van der Waals surface area contributed by atoms with Crippen molar-refractivity contribution in [3.05, 3.63) is 57.5 Å². The first kappa shape index (κ1) is 15.1. The Morgan fingerprint density at radius 3 is 2.91 bits per heavy atom. The molecule has 1 unspecified atom stereocenters. The fraction of sp³-hybridized carbons (Fsp3) is 0.250. The molecule has 4 nitrogen and oxygen atoms in total. The summed E-state index contributed by atoms with van der Waals surface area (Å²) in [7, 11) is -1.12. The molecule has 0 N–H and O–H groups in total. The van der Waals surface area contributed by atoms with Gasteiger partial charge in [0.2, 0.25) is 0 Å². The second-order valence-corrected chi connectivity index (χ2v) is 7.65. The first-order valence-corrected chi connectivity index (χ1v) is 9.14. The second kappa shape index (κ2) is 6.14. The molecule has 6 heteroatoms. The Hall–Kier alpha value is -1.79. The molecule has 0 bridgehead atoms. The molecule has 0 amide bonds. The first-order chi connectivity index (χ1) is 10.6. The molecule has 114 valence electrons. The topological polar surface area (TPSA) is 52.0 Å². The number of aryl methyl sites for hydroxylation is 3. The molecule has 0 radical (unpaired) electrons. The molecule has 0 aliphatic rings. The number of hydrogen-bond donors (Lipinski definition) is 0. The number of benzene rings is 1. The van der Waals surface area contributed by atoms with E-state index in [4.69, 9.17) is 0 Å². The predicted molar refractivity (Wildman–Crippen MR) is 91.1 cm³/mol. The van der Waals surface area contributed by atoms with Crippen LogP contribution in [0.25, 0.3) is 10.2 Å². The lowest BCUT2D eigenvalue weighted by molar-refractivity contribution is 0.667. The van der Waals surface area contributed by atoms with Crippen molar-refractivity contribution in [1.82, 2.24) is 9.55 Å². The van der Waals surface area contributed by atoms with Crippen molar-refractivity contribution < 1.29 is 4.21 Å². The van der Waals surface area contributed by atoms with Crippen molar-refractivity contribution in [3.63, 3.8) is 0 Å². The van der Waals surface area contributed by atoms with Crippen LogP contribution in [-0.2, 0) is 17.3 Å². The molecule has 0 fully saturated rings. The summed E-state index contributed by atoms with van der Waals surface area (Å²) in [5.41, 5.74) is 2.77. The summed E-state index contributed by atoms with van der Waals surface area (Å²) >= 11 is 1.39. The summed E-state index contributed by atoms with van der Waals surface area (Å²) in [5, 5.41) is 1.86. The Balaban J connectivity index is 1.81. The van der Waals surface area contributed by atoms with Crippen LogP contribution in [0.4, 0.5) is 0 Å². The highest BCUT2D eigenvalue weighted by Crippen LogP contribution is 2.16. The van der Waals surface area contributed by atoms with Gasteiger partial charge in [-0.15, -0.1) is 11.3 Å². The zero-order valence-corrected chi connectivity index (χ0v) is 14.0. The van der Waals surface area contributed by atoms with E-state index in [0.29, 0.717) is 17.0 Å². The molecule has 22 heavy (non-hydrogen) atoms. The lowest BCUT2D eigenvalue weighted by atomic mass is 10.2. The maximum Gasteiger partial charge on any atom is 0.271 e. The smallest absolute Gasteiger partial charge is 0.271 e. The number of fused-ring (bicyclic) bond motifs is 1. The van der Waals surface area contributed by atoms with E-state index >= 15 is 0 Å². The highest BCUT2D eigenvalue weighted by atomic mass is 32.2. The summed E-state index contributed by atoms with van der Waals surface area (Å²) in [6, 6.07) is 7.78. The predicted octanol–water partition coefficient (Wildman–Crippen LogP) is 2.88. The normalized spacial score (nSPS) is 12.6. The molecule has 0 saturated heterocycles. The fourth-order valence-corrected chi connectivity index (χ4v) is 4.40. The van der Waals surface area contributed by atoms with E-state index in [1.807, 2.05) is 43.5 Å². The van der Waals surface area contributed by atoms with Crippen LogP contribution in [0.3, 0.4) is 0 Å². The molecule has 0 spiro atoms. The summed E-state index contributed by atoms with van der Waals surface area (Å²) in [5.74, 6) is 0.406. The number of rotatable bonds is 4. The van der Waals surface area contributed by atoms with Gasteiger partial charge in [-0.1, -0.05) is 12.1 Å². The molecular formula is C16H16N2O2S2. The number of nitrogens with zero attached hydrogens (tertiary/aromatic N) is 2. The summed E-state index contributed by atoms with van der Waals surface area (Å²) in [4.78, 5) is 17.4. The van der Waals surface area contributed by atoms with Crippen molar-refractivity contribution >= 4 is 32.4 Å². The first-order valence-electron chi connectivity index (χ1n) is 6.94. The van der Waals surface area contributed by atoms with E-state index in [2.05, 4.69) is 4.98 Å². The Bertz CT molecular complexity index is 912. The maximum absolute atomic E-state index is 12.5. The van der Waals surface area contributed by atoms with Crippen LogP contribution >= 0.6 is 11.3 Å². The van der Waals surface area contributed by atoms with E-state index in [9.17, 15) is 9.00 Å². The van der Waals surface area contributed by atoms with Crippen LogP contribution in [0.1, 0.15) is 11.1 Å². The van der Waals surface area contributed by atoms with Gasteiger partial charge in [0.05, 0.1) is 22.6 Å². The van der Waals surface area contributed by atoms with E-state index in [-0.39, 0.29) is 5.56 Å². The minimum Gasteiger partial charge on any atom is -0.297 e. The third-order valence-electron chi connectivity index (χ3n) is 3.54. The van der Waals surface area contributed by atoms with Crippen LogP contribution in [-0.4, -0.2) is 19.5 Å². The SMILES string of the molecule is Cc1ccc(C)c(S(=O)CCn2cnc3ccsc3c2=O)c1. The summed E-state index contributed by atoms with van der Waals surface area (Å²) in [6.07, 6.45) is 1.54. The molecule has 3 aromatic rings. The van der Waals surface area contributed by atoms with Gasteiger partial charge in [0.1, 0.15) is 4.70 Å². The zero-order chi connectivity index (χ0) is 15.7. The molecule has 2 aromatic heterocycles. The largest absolute Gasteiger partial charge is 0.297 e. The molecule has 1 atom stereocenters. The zero-order valence-electron chi connectivity index (χ0n) is 12.4. The molecule has 3 rings (SSSR count). The van der Waals surface area contributed by atoms with Gasteiger partial charge in [0, 0.05) is 17.2 Å². The van der Waals surface area contributed by atoms with Crippen molar-refractivity contribution in [3.8, 4) is 0 Å². The van der Waals surface area contributed by atoms with E-state index in [1.165, 1.54) is 17.7 Å².